The van der Waals surface area contributed by atoms with Crippen molar-refractivity contribution in [3.05, 3.63) is 29.8 Å². The lowest BCUT2D eigenvalue weighted by Gasteiger charge is -2.01. The van der Waals surface area contributed by atoms with Crippen LogP contribution in [0.5, 0.6) is 0 Å². The molecular formula is C7H7BrN2O. The normalized spacial score (nSPS) is 9.18. The lowest BCUT2D eigenvalue weighted by Crippen LogP contribution is -2.12. The minimum Gasteiger partial charge on any atom is -0.366 e. The van der Waals surface area contributed by atoms with Crippen LogP contribution in [0.2, 0.25) is 0 Å². The van der Waals surface area contributed by atoms with E-state index in [0.29, 0.717) is 11.3 Å². The summed E-state index contributed by atoms with van der Waals surface area (Å²) >= 11 is 3.02. The molecule has 3 nitrogen and oxygen atoms in total. The third-order valence-electron chi connectivity index (χ3n) is 1.29. The number of anilines is 1. The average molecular weight is 215 g/mol. The molecule has 0 spiro atoms. The van der Waals surface area contributed by atoms with E-state index in [0.717, 1.165) is 0 Å². The molecule has 1 aromatic rings. The first-order chi connectivity index (χ1) is 5.25. The van der Waals surface area contributed by atoms with Crippen molar-refractivity contribution in [2.45, 2.75) is 0 Å². The molecular weight excluding hydrogens is 208 g/mol. The van der Waals surface area contributed by atoms with Crippen LogP contribution in [0.1, 0.15) is 10.4 Å². The van der Waals surface area contributed by atoms with Crippen molar-refractivity contribution in [3.63, 3.8) is 0 Å². The number of benzene rings is 1. The van der Waals surface area contributed by atoms with Gasteiger partial charge in [-0.25, -0.2) is 0 Å². The molecule has 1 aromatic carbocycles. The zero-order valence-corrected chi connectivity index (χ0v) is 7.26. The highest BCUT2D eigenvalue weighted by molar-refractivity contribution is 9.10. The van der Waals surface area contributed by atoms with Gasteiger partial charge in [-0.05, 0) is 12.1 Å². The molecule has 0 aliphatic carbocycles. The number of carbonyl (C=O) groups is 1. The topological polar surface area (TPSA) is 55.1 Å². The van der Waals surface area contributed by atoms with Gasteiger partial charge in [-0.3, -0.25) is 4.79 Å². The van der Waals surface area contributed by atoms with Crippen LogP contribution in [-0.2, 0) is 0 Å². The zero-order chi connectivity index (χ0) is 8.27. The summed E-state index contributed by atoms with van der Waals surface area (Å²) in [5.74, 6) is -0.437. The largest absolute Gasteiger partial charge is 0.366 e. The molecule has 11 heavy (non-hydrogen) atoms. The second-order valence-corrected chi connectivity index (χ2v) is 2.40. The highest BCUT2D eigenvalue weighted by Crippen LogP contribution is 2.14. The molecule has 0 radical (unpaired) electrons. The van der Waals surface area contributed by atoms with Gasteiger partial charge in [0.15, 0.2) is 0 Å². The van der Waals surface area contributed by atoms with Crippen molar-refractivity contribution in [1.29, 1.82) is 0 Å². The summed E-state index contributed by atoms with van der Waals surface area (Å²) in [5.41, 5.74) is 6.25. The van der Waals surface area contributed by atoms with Gasteiger partial charge in [0.05, 0.1) is 11.3 Å². The van der Waals surface area contributed by atoms with Gasteiger partial charge in [0.1, 0.15) is 0 Å². The first-order valence-electron chi connectivity index (χ1n) is 3.01. The maximum Gasteiger partial charge on any atom is 0.250 e. The van der Waals surface area contributed by atoms with Crippen LogP contribution in [0.15, 0.2) is 24.3 Å². The van der Waals surface area contributed by atoms with E-state index < -0.39 is 5.91 Å². The van der Waals surface area contributed by atoms with E-state index >= 15 is 0 Å². The van der Waals surface area contributed by atoms with Crippen molar-refractivity contribution in [3.8, 4) is 0 Å². The predicted molar refractivity (Wildman–Crippen MR) is 47.5 cm³/mol. The van der Waals surface area contributed by atoms with Gasteiger partial charge >= 0.3 is 0 Å². The molecule has 0 atom stereocenters. The Morgan fingerprint density at radius 2 is 2.09 bits per heavy atom. The number of nitrogens with one attached hydrogen (secondary N) is 1. The molecule has 0 saturated heterocycles. The average Bonchev–Trinajstić information content (AvgIpc) is 2.04. The van der Waals surface area contributed by atoms with Crippen LogP contribution in [0, 0.1) is 0 Å². The molecule has 1 amide bonds. The fourth-order valence-electron chi connectivity index (χ4n) is 0.780. The number of para-hydroxylation sites is 1. The fraction of sp³-hybridized carbons (Fsp3) is 0. The van der Waals surface area contributed by atoms with E-state index in [9.17, 15) is 4.79 Å². The van der Waals surface area contributed by atoms with Crippen LogP contribution in [0.4, 0.5) is 5.69 Å². The Morgan fingerprint density at radius 1 is 1.45 bits per heavy atom. The highest BCUT2D eigenvalue weighted by atomic mass is 79.9. The summed E-state index contributed by atoms with van der Waals surface area (Å²) < 4.78 is 2.69. The van der Waals surface area contributed by atoms with Gasteiger partial charge in [0.2, 0.25) is 0 Å². The van der Waals surface area contributed by atoms with E-state index in [1.54, 1.807) is 18.2 Å². The minimum absolute atomic E-state index is 0.437. The molecule has 58 valence electrons. The van der Waals surface area contributed by atoms with Crippen LogP contribution < -0.4 is 10.1 Å². The summed E-state index contributed by atoms with van der Waals surface area (Å²) in [6, 6.07) is 6.99. The van der Waals surface area contributed by atoms with Gasteiger partial charge in [-0.15, -0.1) is 0 Å². The quantitative estimate of drug-likeness (QED) is 0.734. The van der Waals surface area contributed by atoms with Crippen LogP contribution in [0.3, 0.4) is 0 Å². The number of hydrogen-bond donors (Lipinski definition) is 2. The van der Waals surface area contributed by atoms with Gasteiger partial charge in [-0.2, -0.15) is 0 Å². The molecule has 0 bridgehead atoms. The first kappa shape index (κ1) is 8.07. The molecule has 0 fully saturated rings. The zero-order valence-electron chi connectivity index (χ0n) is 5.67. The molecule has 0 saturated carbocycles. The molecule has 0 aliphatic rings. The Kier molecular flexibility index (Phi) is 2.48. The number of rotatable bonds is 2. The van der Waals surface area contributed by atoms with Gasteiger partial charge in [0.25, 0.3) is 5.91 Å². The molecule has 0 unspecified atom stereocenters. The smallest absolute Gasteiger partial charge is 0.250 e. The maximum absolute atomic E-state index is 10.7. The number of halogens is 1. The second-order valence-electron chi connectivity index (χ2n) is 2.00. The molecule has 0 aliphatic heterocycles. The van der Waals surface area contributed by atoms with E-state index in [1.807, 2.05) is 6.07 Å². The summed E-state index contributed by atoms with van der Waals surface area (Å²) in [4.78, 5) is 10.7. The Balaban J connectivity index is 3.12. The standard InChI is InChI=1S/C7H7BrN2O/c8-10-6-4-2-1-3-5(6)7(9)11/h1-4,10H,(H2,9,11). The van der Waals surface area contributed by atoms with E-state index in [-0.39, 0.29) is 0 Å². The van der Waals surface area contributed by atoms with Gasteiger partial charge in [0, 0.05) is 16.1 Å². The Bertz CT molecular complexity index is 275. The van der Waals surface area contributed by atoms with Crippen LogP contribution in [0.25, 0.3) is 0 Å². The summed E-state index contributed by atoms with van der Waals surface area (Å²) in [6.07, 6.45) is 0. The molecule has 0 aromatic heterocycles. The van der Waals surface area contributed by atoms with E-state index in [1.165, 1.54) is 0 Å². The molecule has 0 heterocycles. The third-order valence-corrected chi connectivity index (χ3v) is 1.72. The van der Waals surface area contributed by atoms with Crippen LogP contribution >= 0.6 is 16.1 Å². The maximum atomic E-state index is 10.7. The summed E-state index contributed by atoms with van der Waals surface area (Å²) in [6.45, 7) is 0. The van der Waals surface area contributed by atoms with E-state index in [2.05, 4.69) is 20.5 Å². The molecule has 3 N–H and O–H groups in total. The summed E-state index contributed by atoms with van der Waals surface area (Å²) in [7, 11) is 0. The lowest BCUT2D eigenvalue weighted by molar-refractivity contribution is 0.100. The van der Waals surface area contributed by atoms with Crippen molar-refractivity contribution in [2.24, 2.45) is 5.73 Å². The Hall–Kier alpha value is -1.03. The Morgan fingerprint density at radius 3 is 2.55 bits per heavy atom. The molecule has 4 heteroatoms. The second kappa shape index (κ2) is 3.39. The SMILES string of the molecule is NC(=O)c1ccccc1NBr. The van der Waals surface area contributed by atoms with Crippen molar-refractivity contribution >= 4 is 27.7 Å². The number of amides is 1. The van der Waals surface area contributed by atoms with Gasteiger partial charge < -0.3 is 10.1 Å². The first-order valence-corrected chi connectivity index (χ1v) is 3.80. The van der Waals surface area contributed by atoms with Crippen LogP contribution in [-0.4, -0.2) is 5.91 Å². The number of hydrogen-bond acceptors (Lipinski definition) is 2. The third kappa shape index (κ3) is 1.71. The minimum atomic E-state index is -0.437. The van der Waals surface area contributed by atoms with Crippen molar-refractivity contribution in [1.82, 2.24) is 0 Å². The monoisotopic (exact) mass is 214 g/mol. The lowest BCUT2D eigenvalue weighted by atomic mass is 10.2. The number of carbonyl (C=O) groups excluding carboxylic acids is 1. The van der Waals surface area contributed by atoms with Crippen molar-refractivity contribution in [2.75, 3.05) is 4.34 Å². The predicted octanol–water partition coefficient (Wildman–Crippen LogP) is 1.51. The summed E-state index contributed by atoms with van der Waals surface area (Å²) in [5, 5.41) is 0. The van der Waals surface area contributed by atoms with Gasteiger partial charge in [-0.1, -0.05) is 12.1 Å². The highest BCUT2D eigenvalue weighted by Gasteiger charge is 2.04. The molecule has 1 rings (SSSR count). The number of primary amides is 1. The number of nitrogens with two attached hydrogens (primary N) is 1. The van der Waals surface area contributed by atoms with E-state index in [4.69, 9.17) is 5.73 Å². The Labute approximate surface area is 72.9 Å². The van der Waals surface area contributed by atoms with Crippen molar-refractivity contribution < 1.29 is 4.79 Å². The fourth-order valence-corrected chi connectivity index (χ4v) is 1.13.